The molecule has 1 atom stereocenters. The van der Waals surface area contributed by atoms with Crippen LogP contribution in [0.5, 0.6) is 0 Å². The maximum atomic E-state index is 11.6. The highest BCUT2D eigenvalue weighted by Crippen LogP contribution is 2.61. The summed E-state index contributed by atoms with van der Waals surface area (Å²) < 4.78 is 26.1. The maximum absolute atomic E-state index is 11.6. The van der Waals surface area contributed by atoms with Crippen LogP contribution in [-0.4, -0.2) is 20.7 Å². The largest absolute Gasteiger partial charge is 0.213 e. The van der Waals surface area contributed by atoms with Crippen LogP contribution < -0.4 is 4.72 Å². The van der Waals surface area contributed by atoms with Crippen LogP contribution in [0, 0.1) is 23.2 Å². The van der Waals surface area contributed by atoms with Crippen molar-refractivity contribution in [2.24, 2.45) is 23.2 Å². The minimum atomic E-state index is -3.08. The van der Waals surface area contributed by atoms with Crippen molar-refractivity contribution < 1.29 is 8.42 Å². The van der Waals surface area contributed by atoms with Crippen LogP contribution in [0.1, 0.15) is 51.9 Å². The van der Waals surface area contributed by atoms with Gasteiger partial charge in [0.2, 0.25) is 10.0 Å². The first-order valence-electron chi connectivity index (χ1n) is 7.37. The third-order valence-electron chi connectivity index (χ3n) is 5.59. The van der Waals surface area contributed by atoms with Gasteiger partial charge in [0.1, 0.15) is 0 Å². The minimum absolute atomic E-state index is 0.167. The highest BCUT2D eigenvalue weighted by molar-refractivity contribution is 7.88. The lowest BCUT2D eigenvalue weighted by molar-refractivity contribution is -0.0703. The van der Waals surface area contributed by atoms with Crippen molar-refractivity contribution in [3.63, 3.8) is 0 Å². The molecule has 4 aliphatic rings. The van der Waals surface area contributed by atoms with Gasteiger partial charge in [0, 0.05) is 6.04 Å². The fraction of sp³-hybridized carbons (Fsp3) is 1.00. The van der Waals surface area contributed by atoms with Gasteiger partial charge in [-0.15, -0.1) is 0 Å². The Balaban J connectivity index is 1.85. The molecule has 0 aliphatic heterocycles. The Morgan fingerprint density at radius 2 is 1.56 bits per heavy atom. The highest BCUT2D eigenvalue weighted by atomic mass is 32.2. The molecule has 3 nitrogen and oxygen atoms in total. The van der Waals surface area contributed by atoms with Gasteiger partial charge in [-0.05, 0) is 68.1 Å². The van der Waals surface area contributed by atoms with E-state index in [9.17, 15) is 8.42 Å². The van der Waals surface area contributed by atoms with Gasteiger partial charge in [0.25, 0.3) is 0 Å². The molecule has 0 aromatic rings. The van der Waals surface area contributed by atoms with Crippen LogP contribution in [0.3, 0.4) is 0 Å². The maximum Gasteiger partial charge on any atom is 0.208 e. The van der Waals surface area contributed by atoms with Gasteiger partial charge in [0.05, 0.1) is 6.26 Å². The zero-order chi connectivity index (χ0) is 13.0. The highest BCUT2D eigenvalue weighted by Gasteiger charge is 2.54. The van der Waals surface area contributed by atoms with Crippen molar-refractivity contribution in [1.29, 1.82) is 0 Å². The third-order valence-corrected chi connectivity index (χ3v) is 6.30. The van der Waals surface area contributed by atoms with Crippen LogP contribution >= 0.6 is 0 Å². The first-order chi connectivity index (χ1) is 8.40. The second-order valence-corrected chi connectivity index (χ2v) is 8.91. The molecule has 4 aliphatic carbocycles. The molecule has 18 heavy (non-hydrogen) atoms. The molecule has 4 bridgehead atoms. The molecule has 0 heterocycles. The zero-order valence-corrected chi connectivity index (χ0v) is 12.3. The fourth-order valence-corrected chi connectivity index (χ4v) is 6.44. The monoisotopic (exact) mass is 271 g/mol. The lowest BCUT2D eigenvalue weighted by atomic mass is 9.47. The average Bonchev–Trinajstić information content (AvgIpc) is 2.22. The molecule has 4 rings (SSSR count). The summed E-state index contributed by atoms with van der Waals surface area (Å²) in [5.74, 6) is 2.64. The molecule has 1 N–H and O–H groups in total. The first-order valence-corrected chi connectivity index (χ1v) is 9.26. The Labute approximate surface area is 111 Å². The first kappa shape index (κ1) is 12.9. The smallest absolute Gasteiger partial charge is 0.208 e. The van der Waals surface area contributed by atoms with Crippen molar-refractivity contribution in [3.05, 3.63) is 0 Å². The number of hydrogen-bond donors (Lipinski definition) is 1. The predicted molar refractivity (Wildman–Crippen MR) is 72.7 cm³/mol. The zero-order valence-electron chi connectivity index (χ0n) is 11.5. The Bertz CT molecular complexity index is 394. The summed E-state index contributed by atoms with van der Waals surface area (Å²) in [5, 5.41) is 0. The van der Waals surface area contributed by atoms with E-state index >= 15 is 0 Å². The van der Waals surface area contributed by atoms with E-state index in [4.69, 9.17) is 0 Å². The van der Waals surface area contributed by atoms with E-state index in [2.05, 4.69) is 11.6 Å². The number of rotatable bonds is 4. The van der Waals surface area contributed by atoms with Crippen molar-refractivity contribution in [2.75, 3.05) is 6.26 Å². The molecule has 0 radical (unpaired) electrons. The molecular weight excluding hydrogens is 246 g/mol. The van der Waals surface area contributed by atoms with Gasteiger partial charge in [0.15, 0.2) is 0 Å². The Hall–Kier alpha value is -0.0900. The van der Waals surface area contributed by atoms with Crippen LogP contribution in [0.2, 0.25) is 0 Å². The second-order valence-electron chi connectivity index (χ2n) is 7.13. The Morgan fingerprint density at radius 3 is 1.89 bits per heavy atom. The van der Waals surface area contributed by atoms with Crippen LogP contribution in [0.15, 0.2) is 0 Å². The predicted octanol–water partition coefficient (Wildman–Crippen LogP) is 2.53. The second kappa shape index (κ2) is 4.20. The molecule has 0 aromatic heterocycles. The third kappa shape index (κ3) is 2.22. The summed E-state index contributed by atoms with van der Waals surface area (Å²) in [6.07, 6.45) is 10.3. The van der Waals surface area contributed by atoms with Gasteiger partial charge >= 0.3 is 0 Å². The number of nitrogens with one attached hydrogen (secondary N) is 1. The minimum Gasteiger partial charge on any atom is -0.213 e. The molecule has 104 valence electrons. The lowest BCUT2D eigenvalue weighted by Crippen LogP contribution is -2.56. The normalized spacial score (nSPS) is 44.2. The SMILES string of the molecule is CCC(NS(C)(=O)=O)C12CC3CC(CC(C3)C1)C2. The molecule has 0 saturated heterocycles. The molecule has 4 heteroatoms. The summed E-state index contributed by atoms with van der Waals surface area (Å²) in [5.41, 5.74) is 0.284. The average molecular weight is 271 g/mol. The van der Waals surface area contributed by atoms with Crippen molar-refractivity contribution in [2.45, 2.75) is 57.9 Å². The van der Waals surface area contributed by atoms with Gasteiger partial charge in [-0.25, -0.2) is 13.1 Å². The van der Waals surface area contributed by atoms with E-state index in [-0.39, 0.29) is 11.5 Å². The van der Waals surface area contributed by atoms with Crippen molar-refractivity contribution in [1.82, 2.24) is 4.72 Å². The van der Waals surface area contributed by atoms with Crippen molar-refractivity contribution >= 4 is 10.0 Å². The van der Waals surface area contributed by atoms with Crippen LogP contribution in [-0.2, 0) is 10.0 Å². The number of sulfonamides is 1. The molecule has 4 saturated carbocycles. The van der Waals surface area contributed by atoms with Gasteiger partial charge in [-0.2, -0.15) is 0 Å². The lowest BCUT2D eigenvalue weighted by Gasteiger charge is -2.59. The van der Waals surface area contributed by atoms with E-state index < -0.39 is 10.0 Å². The van der Waals surface area contributed by atoms with E-state index in [0.29, 0.717) is 0 Å². The summed E-state index contributed by atoms with van der Waals surface area (Å²) in [6.45, 7) is 2.13. The number of hydrogen-bond acceptors (Lipinski definition) is 2. The summed E-state index contributed by atoms with van der Waals surface area (Å²) >= 11 is 0. The molecule has 0 amide bonds. The van der Waals surface area contributed by atoms with E-state index in [1.807, 2.05) is 0 Å². The molecule has 4 fully saturated rings. The van der Waals surface area contributed by atoms with E-state index in [1.54, 1.807) is 0 Å². The van der Waals surface area contributed by atoms with Crippen molar-refractivity contribution in [3.8, 4) is 0 Å². The topological polar surface area (TPSA) is 46.2 Å². The van der Waals surface area contributed by atoms with Crippen LogP contribution in [0.4, 0.5) is 0 Å². The molecule has 0 aromatic carbocycles. The molecule has 1 unspecified atom stereocenters. The van der Waals surface area contributed by atoms with Gasteiger partial charge in [-0.1, -0.05) is 6.92 Å². The van der Waals surface area contributed by atoms with E-state index in [0.717, 1.165) is 24.2 Å². The van der Waals surface area contributed by atoms with E-state index in [1.165, 1.54) is 44.8 Å². The standard InChI is InChI=1S/C14H25NO2S/c1-3-13(15-18(2,16)17)14-7-10-4-11(8-14)6-12(5-10)9-14/h10-13,15H,3-9H2,1-2H3. The molecular formula is C14H25NO2S. The quantitative estimate of drug-likeness (QED) is 0.854. The van der Waals surface area contributed by atoms with Gasteiger partial charge < -0.3 is 0 Å². The van der Waals surface area contributed by atoms with Gasteiger partial charge in [-0.3, -0.25) is 0 Å². The summed E-state index contributed by atoms with van der Waals surface area (Å²) in [6, 6.07) is 0.167. The Morgan fingerprint density at radius 1 is 1.11 bits per heavy atom. The molecule has 0 spiro atoms. The van der Waals surface area contributed by atoms with Crippen LogP contribution in [0.25, 0.3) is 0 Å². The summed E-state index contributed by atoms with van der Waals surface area (Å²) in [4.78, 5) is 0. The summed E-state index contributed by atoms with van der Waals surface area (Å²) in [7, 11) is -3.08. The fourth-order valence-electron chi connectivity index (χ4n) is 5.50. The Kier molecular flexibility index (Phi) is 3.02.